The number of benzene rings is 2. The van der Waals surface area contributed by atoms with Gasteiger partial charge < -0.3 is 10.6 Å². The molecule has 0 saturated carbocycles. The maximum atomic E-state index is 14.6. The van der Waals surface area contributed by atoms with Gasteiger partial charge in [0, 0.05) is 17.5 Å². The highest BCUT2D eigenvalue weighted by Crippen LogP contribution is 2.30. The van der Waals surface area contributed by atoms with Gasteiger partial charge >= 0.3 is 12.4 Å². The second kappa shape index (κ2) is 13.2. The van der Waals surface area contributed by atoms with E-state index in [9.17, 15) is 40.3 Å². The maximum Gasteiger partial charge on any atom is 0.432 e. The molecule has 40 heavy (non-hydrogen) atoms. The number of hydrogen-bond donors (Lipinski definition) is 2. The van der Waals surface area contributed by atoms with E-state index in [0.717, 1.165) is 6.07 Å². The first kappa shape index (κ1) is 32.7. The number of alkyl halides is 6. The minimum Gasteiger partial charge on any atom is -0.349 e. The van der Waals surface area contributed by atoms with Gasteiger partial charge in [-0.3, -0.25) is 14.6 Å². The molecule has 2 aromatic rings. The van der Waals surface area contributed by atoms with Crippen molar-refractivity contribution in [2.75, 3.05) is 17.3 Å². The molecule has 2 rings (SSSR count). The van der Waals surface area contributed by atoms with Gasteiger partial charge in [-0.05, 0) is 56.4 Å². The summed E-state index contributed by atoms with van der Waals surface area (Å²) in [6.45, 7) is 5.88. The number of amides is 2. The number of allylic oxidation sites excluding steroid dienone is 1. The Labute approximate surface area is 230 Å². The first-order chi connectivity index (χ1) is 18.4. The molecular formula is C26H27F7N4O2S. The van der Waals surface area contributed by atoms with Gasteiger partial charge in [0.25, 0.3) is 11.8 Å². The molecule has 0 unspecified atom stereocenters. The summed E-state index contributed by atoms with van der Waals surface area (Å²) in [7, 11) is 0. The van der Waals surface area contributed by atoms with Crippen LogP contribution in [0.1, 0.15) is 45.7 Å². The van der Waals surface area contributed by atoms with E-state index in [4.69, 9.17) is 0 Å². The Bertz CT molecular complexity index is 1290. The minimum absolute atomic E-state index is 0.103. The summed E-state index contributed by atoms with van der Waals surface area (Å²) in [6.07, 6.45) is -8.16. The molecule has 2 aromatic carbocycles. The van der Waals surface area contributed by atoms with Crippen molar-refractivity contribution in [2.45, 2.75) is 45.7 Å². The second-order valence-corrected chi connectivity index (χ2v) is 9.69. The van der Waals surface area contributed by atoms with Gasteiger partial charge in [0.15, 0.2) is 0 Å². The maximum absolute atomic E-state index is 14.6. The fourth-order valence-electron chi connectivity index (χ4n) is 3.43. The van der Waals surface area contributed by atoms with Crippen molar-refractivity contribution < 1.29 is 40.3 Å². The molecule has 0 spiro atoms. The van der Waals surface area contributed by atoms with Crippen LogP contribution in [0, 0.1) is 12.7 Å². The van der Waals surface area contributed by atoms with Crippen LogP contribution >= 0.6 is 11.8 Å². The number of carbonyl (C=O) groups excluding carboxylic acids is 2. The number of nitrogens with zero attached hydrogens (tertiary/aromatic N) is 2. The van der Waals surface area contributed by atoms with Crippen LogP contribution in [0.15, 0.2) is 53.8 Å². The molecule has 2 amide bonds. The first-order valence-corrected chi connectivity index (χ1v) is 13.0. The average Bonchev–Trinajstić information content (AvgIpc) is 2.83. The van der Waals surface area contributed by atoms with E-state index in [1.165, 1.54) is 49.0 Å². The molecule has 2 N–H and O–H groups in total. The van der Waals surface area contributed by atoms with E-state index >= 15 is 0 Å². The lowest BCUT2D eigenvalue weighted by Gasteiger charge is -2.25. The lowest BCUT2D eigenvalue weighted by molar-refractivity contribution is -0.112. The van der Waals surface area contributed by atoms with Crippen LogP contribution in [0.3, 0.4) is 0 Å². The third-order valence-electron chi connectivity index (χ3n) is 5.47. The Morgan fingerprint density at radius 1 is 1.07 bits per heavy atom. The zero-order valence-corrected chi connectivity index (χ0v) is 22.7. The van der Waals surface area contributed by atoms with Crippen molar-refractivity contribution >= 4 is 35.0 Å². The monoisotopic (exact) mass is 592 g/mol. The number of hydrazone groups is 1. The molecule has 0 aromatic heterocycles. The topological polar surface area (TPSA) is 73.8 Å². The molecule has 0 aliphatic carbocycles. The summed E-state index contributed by atoms with van der Waals surface area (Å²) in [5.41, 5.74) is -3.17. The van der Waals surface area contributed by atoms with Crippen LogP contribution in [-0.2, 0) is 6.54 Å². The number of nitrogens with one attached hydrogen (secondary N) is 2. The average molecular weight is 593 g/mol. The molecule has 0 aliphatic rings. The van der Waals surface area contributed by atoms with Crippen LogP contribution in [-0.4, -0.2) is 52.9 Å². The number of hydrogen-bond acceptors (Lipinski definition) is 5. The minimum atomic E-state index is -5.04. The van der Waals surface area contributed by atoms with E-state index in [2.05, 4.69) is 22.3 Å². The number of aryl methyl sites for hydroxylation is 1. The molecule has 0 aliphatic heterocycles. The molecule has 1 atom stereocenters. The number of thioether (sulfide) groups is 1. The smallest absolute Gasteiger partial charge is 0.349 e. The predicted molar refractivity (Wildman–Crippen MR) is 141 cm³/mol. The summed E-state index contributed by atoms with van der Waals surface area (Å²) in [6, 6.07) is 7.19. The summed E-state index contributed by atoms with van der Waals surface area (Å²) in [4.78, 5) is 25.7. The van der Waals surface area contributed by atoms with Crippen LogP contribution in [0.25, 0.3) is 0 Å². The van der Waals surface area contributed by atoms with Crippen LogP contribution in [0.5, 0.6) is 0 Å². The molecule has 14 heteroatoms. The van der Waals surface area contributed by atoms with Crippen molar-refractivity contribution in [3.63, 3.8) is 0 Å². The van der Waals surface area contributed by atoms with Crippen molar-refractivity contribution in [2.24, 2.45) is 5.10 Å². The van der Waals surface area contributed by atoms with Gasteiger partial charge in [0.2, 0.25) is 0 Å². The van der Waals surface area contributed by atoms with Crippen molar-refractivity contribution in [1.82, 2.24) is 10.3 Å². The number of halogens is 7. The quantitative estimate of drug-likeness (QED) is 0.183. The largest absolute Gasteiger partial charge is 0.432 e. The van der Waals surface area contributed by atoms with E-state index in [1.54, 1.807) is 6.92 Å². The molecule has 0 saturated heterocycles. The van der Waals surface area contributed by atoms with Crippen molar-refractivity contribution in [3.05, 3.63) is 76.7 Å². The Hall–Kier alpha value is -3.55. The molecule has 0 fully saturated rings. The van der Waals surface area contributed by atoms with Crippen LogP contribution < -0.4 is 10.6 Å². The lowest BCUT2D eigenvalue weighted by Crippen LogP contribution is -2.36. The van der Waals surface area contributed by atoms with Gasteiger partial charge in [0.05, 0.1) is 17.7 Å². The summed E-state index contributed by atoms with van der Waals surface area (Å²) < 4.78 is 93.1. The molecular weight excluding hydrogens is 565 g/mol. The van der Waals surface area contributed by atoms with Gasteiger partial charge in [-0.1, -0.05) is 24.8 Å². The fraction of sp³-hybridized carbons (Fsp3) is 0.346. The van der Waals surface area contributed by atoms with Crippen LogP contribution in [0.2, 0.25) is 0 Å². The normalized spacial score (nSPS) is 13.0. The third-order valence-corrected chi connectivity index (χ3v) is 6.30. The van der Waals surface area contributed by atoms with E-state index in [-0.39, 0.29) is 27.9 Å². The summed E-state index contributed by atoms with van der Waals surface area (Å²) in [5, 5.41) is 8.33. The summed E-state index contributed by atoms with van der Waals surface area (Å²) in [5.74, 6) is -1.96. The van der Waals surface area contributed by atoms with Gasteiger partial charge in [-0.25, -0.2) is 4.39 Å². The zero-order valence-electron chi connectivity index (χ0n) is 21.9. The van der Waals surface area contributed by atoms with Gasteiger partial charge in [-0.2, -0.15) is 43.2 Å². The Balaban J connectivity index is 2.33. The predicted octanol–water partition coefficient (Wildman–Crippen LogP) is 6.68. The second-order valence-electron chi connectivity index (χ2n) is 8.78. The number of carbonyl (C=O) groups is 2. The molecule has 0 heterocycles. The van der Waals surface area contributed by atoms with Crippen molar-refractivity contribution in [1.29, 1.82) is 0 Å². The Morgan fingerprint density at radius 3 is 2.27 bits per heavy atom. The first-order valence-electron chi connectivity index (χ1n) is 11.6. The highest BCUT2D eigenvalue weighted by molar-refractivity contribution is 7.98. The molecule has 218 valence electrons. The van der Waals surface area contributed by atoms with Gasteiger partial charge in [-0.15, -0.1) is 0 Å². The van der Waals surface area contributed by atoms with E-state index < -0.39 is 53.5 Å². The zero-order chi connectivity index (χ0) is 30.4. The highest BCUT2D eigenvalue weighted by Gasteiger charge is 2.38. The Kier molecular flexibility index (Phi) is 10.8. The number of anilines is 1. The SMILES string of the molecule is C=C(N(Cc1ccc(NC(=O)c2cccc(F)c2C(=O)N[C@@H](C)CSC)c(C)c1)/N=C(\C)C(F)(F)F)C(F)(F)F. The fourth-order valence-corrected chi connectivity index (χ4v) is 4.02. The molecule has 6 nitrogen and oxygen atoms in total. The van der Waals surface area contributed by atoms with Gasteiger partial charge in [0.1, 0.15) is 17.2 Å². The standard InChI is InChI=1S/C26H27F7N4O2S/c1-14-11-18(12-37(17(4)26(31,32)33)36-16(3)25(28,29)30)9-10-21(14)35-23(38)19-7-6-8-20(27)22(19)24(39)34-15(2)13-40-5/h6-11,15H,4,12-13H2,1-3,5H3,(H,34,39)(H,35,38)/b36-16+/t15-/m0/s1. The summed E-state index contributed by atoms with van der Waals surface area (Å²) >= 11 is 1.47. The van der Waals surface area contributed by atoms with Crippen LogP contribution in [0.4, 0.5) is 36.4 Å². The molecule has 0 bridgehead atoms. The van der Waals surface area contributed by atoms with E-state index in [1.807, 2.05) is 6.26 Å². The highest BCUT2D eigenvalue weighted by atomic mass is 32.2. The molecule has 0 radical (unpaired) electrons. The van der Waals surface area contributed by atoms with Crippen molar-refractivity contribution in [3.8, 4) is 0 Å². The number of rotatable bonds is 10. The lowest BCUT2D eigenvalue weighted by atomic mass is 10.0. The Morgan fingerprint density at radius 2 is 1.73 bits per heavy atom. The third kappa shape index (κ3) is 8.73. The van der Waals surface area contributed by atoms with E-state index in [0.29, 0.717) is 18.2 Å².